The van der Waals surface area contributed by atoms with E-state index in [0.717, 1.165) is 37.9 Å². The van der Waals surface area contributed by atoms with Gasteiger partial charge in [-0.2, -0.15) is 0 Å². The molecule has 4 rings (SSSR count). The van der Waals surface area contributed by atoms with E-state index in [4.69, 9.17) is 0 Å². The van der Waals surface area contributed by atoms with Gasteiger partial charge in [0, 0.05) is 36.6 Å². The summed E-state index contributed by atoms with van der Waals surface area (Å²) in [4.78, 5) is 34.1. The molecular formula is C22H25N3O2. The highest BCUT2D eigenvalue weighted by atomic mass is 16.2. The fourth-order valence-electron chi connectivity index (χ4n) is 4.23. The first-order valence-electron chi connectivity index (χ1n) is 9.86. The van der Waals surface area contributed by atoms with Gasteiger partial charge in [-0.05, 0) is 55.9 Å². The minimum Gasteiger partial charge on any atom is -0.336 e. The van der Waals surface area contributed by atoms with E-state index in [0.29, 0.717) is 23.8 Å². The Morgan fingerprint density at radius 3 is 2.81 bits per heavy atom. The molecule has 0 spiro atoms. The first-order chi connectivity index (χ1) is 13.2. The number of carbonyl (C=O) groups is 2. The zero-order valence-corrected chi connectivity index (χ0v) is 15.7. The maximum Gasteiger partial charge on any atom is 0.276 e. The summed E-state index contributed by atoms with van der Waals surface area (Å²) in [7, 11) is 0. The normalized spacial score (nSPS) is 19.1. The molecule has 2 aliphatic rings. The van der Waals surface area contributed by atoms with Crippen LogP contribution in [0.15, 0.2) is 42.6 Å². The first-order valence-corrected chi connectivity index (χ1v) is 9.86. The minimum absolute atomic E-state index is 0.0137. The van der Waals surface area contributed by atoms with Crippen molar-refractivity contribution in [3.05, 3.63) is 59.4 Å². The number of rotatable bonds is 3. The average molecular weight is 363 g/mol. The molecule has 5 nitrogen and oxygen atoms in total. The third-order valence-electron chi connectivity index (χ3n) is 5.72. The Kier molecular flexibility index (Phi) is 4.92. The van der Waals surface area contributed by atoms with Crippen LogP contribution in [0, 0.1) is 0 Å². The predicted octanol–water partition coefficient (Wildman–Crippen LogP) is 3.69. The zero-order valence-electron chi connectivity index (χ0n) is 15.7. The van der Waals surface area contributed by atoms with E-state index in [1.807, 2.05) is 23.1 Å². The number of aromatic nitrogens is 1. The van der Waals surface area contributed by atoms with E-state index in [1.165, 1.54) is 12.0 Å². The van der Waals surface area contributed by atoms with Crippen LogP contribution in [0.5, 0.6) is 0 Å². The van der Waals surface area contributed by atoms with Gasteiger partial charge in [0.25, 0.3) is 11.8 Å². The largest absolute Gasteiger partial charge is 0.336 e. The van der Waals surface area contributed by atoms with E-state index < -0.39 is 0 Å². The fourth-order valence-corrected chi connectivity index (χ4v) is 4.23. The van der Waals surface area contributed by atoms with Gasteiger partial charge >= 0.3 is 0 Å². The van der Waals surface area contributed by atoms with Gasteiger partial charge in [0.05, 0.1) is 0 Å². The molecule has 0 bridgehead atoms. The van der Waals surface area contributed by atoms with Crippen molar-refractivity contribution in [2.45, 2.75) is 45.1 Å². The van der Waals surface area contributed by atoms with Crippen molar-refractivity contribution in [2.75, 3.05) is 18.0 Å². The number of pyridine rings is 1. The average Bonchev–Trinajstić information content (AvgIpc) is 3.17. The monoisotopic (exact) mass is 363 g/mol. The van der Waals surface area contributed by atoms with Gasteiger partial charge in [-0.25, -0.2) is 0 Å². The van der Waals surface area contributed by atoms with Gasteiger partial charge in [0.2, 0.25) is 0 Å². The Bertz CT molecular complexity index is 864. The van der Waals surface area contributed by atoms with Crippen molar-refractivity contribution in [3.8, 4) is 0 Å². The number of carbonyl (C=O) groups excluding carboxylic acids is 2. The number of nitrogens with zero attached hydrogens (tertiary/aromatic N) is 3. The van der Waals surface area contributed by atoms with Gasteiger partial charge in [-0.3, -0.25) is 14.6 Å². The quantitative estimate of drug-likeness (QED) is 0.836. The maximum atomic E-state index is 13.0. The number of amides is 2. The molecule has 27 heavy (non-hydrogen) atoms. The summed E-state index contributed by atoms with van der Waals surface area (Å²) >= 11 is 0. The molecule has 1 saturated heterocycles. The number of benzene rings is 1. The second kappa shape index (κ2) is 7.51. The van der Waals surface area contributed by atoms with Gasteiger partial charge in [-0.1, -0.05) is 25.1 Å². The van der Waals surface area contributed by atoms with E-state index in [9.17, 15) is 9.59 Å². The van der Waals surface area contributed by atoms with Crippen molar-refractivity contribution in [1.82, 2.24) is 9.88 Å². The third kappa shape index (κ3) is 3.34. The summed E-state index contributed by atoms with van der Waals surface area (Å²) in [5.41, 5.74) is 3.02. The Morgan fingerprint density at radius 1 is 1.11 bits per heavy atom. The Morgan fingerprint density at radius 2 is 1.96 bits per heavy atom. The fraction of sp³-hybridized carbons (Fsp3) is 0.409. The molecule has 1 aromatic heterocycles. The van der Waals surface area contributed by atoms with Crippen LogP contribution in [-0.2, 0) is 6.42 Å². The van der Waals surface area contributed by atoms with Crippen molar-refractivity contribution in [1.29, 1.82) is 0 Å². The van der Waals surface area contributed by atoms with Crippen molar-refractivity contribution in [3.63, 3.8) is 0 Å². The molecule has 1 atom stereocenters. The molecule has 140 valence electrons. The first kappa shape index (κ1) is 17.7. The van der Waals surface area contributed by atoms with Crippen LogP contribution >= 0.6 is 0 Å². The van der Waals surface area contributed by atoms with Crippen LogP contribution < -0.4 is 4.90 Å². The van der Waals surface area contributed by atoms with Crippen LogP contribution in [0.4, 0.5) is 5.69 Å². The van der Waals surface area contributed by atoms with Crippen molar-refractivity contribution >= 4 is 17.5 Å². The van der Waals surface area contributed by atoms with Crippen LogP contribution in [0.3, 0.4) is 0 Å². The number of likely N-dealkylation sites (tertiary alicyclic amines) is 1. The molecule has 0 radical (unpaired) electrons. The maximum absolute atomic E-state index is 13.0. The number of piperidine rings is 1. The van der Waals surface area contributed by atoms with Crippen molar-refractivity contribution in [2.24, 2.45) is 0 Å². The lowest BCUT2D eigenvalue weighted by molar-refractivity contribution is 0.0608. The smallest absolute Gasteiger partial charge is 0.276 e. The lowest BCUT2D eigenvalue weighted by atomic mass is 9.99. The second-order valence-corrected chi connectivity index (χ2v) is 7.32. The SMILES string of the molecule is CCC1CCCCN1C(=O)c1ccnc(C(=O)N2CCc3ccccc32)c1. The number of hydrogen-bond donors (Lipinski definition) is 0. The zero-order chi connectivity index (χ0) is 18.8. The number of para-hydroxylation sites is 1. The lowest BCUT2D eigenvalue weighted by Gasteiger charge is -2.35. The van der Waals surface area contributed by atoms with Gasteiger partial charge in [0.15, 0.2) is 0 Å². The molecular weight excluding hydrogens is 338 g/mol. The molecule has 1 fully saturated rings. The van der Waals surface area contributed by atoms with Gasteiger partial charge in [0.1, 0.15) is 5.69 Å². The molecule has 2 amide bonds. The number of hydrogen-bond acceptors (Lipinski definition) is 3. The molecule has 2 aliphatic heterocycles. The van der Waals surface area contributed by atoms with Gasteiger partial charge < -0.3 is 9.80 Å². The summed E-state index contributed by atoms with van der Waals surface area (Å²) in [6.07, 6.45) is 6.68. The highest BCUT2D eigenvalue weighted by molar-refractivity contribution is 6.07. The summed E-state index contributed by atoms with van der Waals surface area (Å²) < 4.78 is 0. The molecule has 1 unspecified atom stereocenters. The summed E-state index contributed by atoms with van der Waals surface area (Å²) in [6.45, 7) is 3.58. The van der Waals surface area contributed by atoms with E-state index >= 15 is 0 Å². The summed E-state index contributed by atoms with van der Waals surface area (Å²) in [5, 5.41) is 0. The highest BCUT2D eigenvalue weighted by Gasteiger charge is 2.29. The lowest BCUT2D eigenvalue weighted by Crippen LogP contribution is -2.43. The van der Waals surface area contributed by atoms with Crippen LogP contribution in [0.25, 0.3) is 0 Å². The topological polar surface area (TPSA) is 53.5 Å². The summed E-state index contributed by atoms with van der Waals surface area (Å²) in [5.74, 6) is -0.125. The van der Waals surface area contributed by atoms with E-state index in [1.54, 1.807) is 23.2 Å². The Labute approximate surface area is 160 Å². The molecule has 1 aromatic carbocycles. The Balaban J connectivity index is 1.58. The molecule has 3 heterocycles. The Hall–Kier alpha value is -2.69. The molecule has 2 aromatic rings. The highest BCUT2D eigenvalue weighted by Crippen LogP contribution is 2.29. The second-order valence-electron chi connectivity index (χ2n) is 7.32. The van der Waals surface area contributed by atoms with Crippen molar-refractivity contribution < 1.29 is 9.59 Å². The minimum atomic E-state index is -0.139. The van der Waals surface area contributed by atoms with E-state index in [-0.39, 0.29) is 11.8 Å². The molecule has 0 aliphatic carbocycles. The molecule has 0 N–H and O–H groups in total. The van der Waals surface area contributed by atoms with Crippen LogP contribution in [-0.4, -0.2) is 40.8 Å². The standard InChI is InChI=1S/C22H25N3O2/c1-2-18-8-5-6-13-24(18)21(26)17-10-12-23-19(15-17)22(27)25-14-11-16-7-3-4-9-20(16)25/h3-4,7,9-10,12,15,18H,2,5-6,8,11,13-14H2,1H3. The van der Waals surface area contributed by atoms with E-state index in [2.05, 4.69) is 18.0 Å². The van der Waals surface area contributed by atoms with Gasteiger partial charge in [-0.15, -0.1) is 0 Å². The third-order valence-corrected chi connectivity index (χ3v) is 5.72. The number of fused-ring (bicyclic) bond motifs is 1. The summed E-state index contributed by atoms with van der Waals surface area (Å²) in [6, 6.07) is 11.6. The molecule has 0 saturated carbocycles. The molecule has 5 heteroatoms. The number of anilines is 1. The predicted molar refractivity (Wildman–Crippen MR) is 105 cm³/mol. The van der Waals surface area contributed by atoms with Crippen LogP contribution in [0.1, 0.15) is 59.0 Å². The van der Waals surface area contributed by atoms with Crippen LogP contribution in [0.2, 0.25) is 0 Å².